The van der Waals surface area contributed by atoms with E-state index in [1.54, 1.807) is 13.0 Å². The van der Waals surface area contributed by atoms with E-state index in [0.29, 0.717) is 0 Å². The maximum absolute atomic E-state index is 14.6. The van der Waals surface area contributed by atoms with E-state index in [9.17, 15) is 23.5 Å². The van der Waals surface area contributed by atoms with Gasteiger partial charge in [-0.15, -0.1) is 0 Å². The Labute approximate surface area is 172 Å². The molecule has 2 heterocycles. The van der Waals surface area contributed by atoms with Crippen LogP contribution in [0.15, 0.2) is 35.3 Å². The number of amides is 1. The highest BCUT2D eigenvalue weighted by Crippen LogP contribution is 2.39. The van der Waals surface area contributed by atoms with Gasteiger partial charge in [0.2, 0.25) is 5.91 Å². The number of carbonyl (C=O) groups is 1. The number of hydrogen-bond acceptors (Lipinski definition) is 5. The van der Waals surface area contributed by atoms with Crippen molar-refractivity contribution < 1.29 is 28.2 Å². The zero-order chi connectivity index (χ0) is 22.0. The molecule has 30 heavy (non-hydrogen) atoms. The first kappa shape index (κ1) is 21.9. The third-order valence-corrected chi connectivity index (χ3v) is 5.49. The van der Waals surface area contributed by atoms with Crippen molar-refractivity contribution in [3.63, 3.8) is 0 Å². The number of ether oxygens (including phenoxy) is 2. The van der Waals surface area contributed by atoms with Crippen LogP contribution >= 0.6 is 0 Å². The monoisotopic (exact) mass is 422 g/mol. The molecule has 1 saturated heterocycles. The van der Waals surface area contributed by atoms with E-state index in [1.165, 1.54) is 35.9 Å². The number of aliphatic hydroxyl groups excluding tert-OH is 1. The molecule has 1 unspecified atom stereocenters. The fraction of sp³-hybridized carbons (Fsp3) is 0.429. The summed E-state index contributed by atoms with van der Waals surface area (Å²) in [6.45, 7) is 1.42. The summed E-state index contributed by atoms with van der Waals surface area (Å²) in [6.07, 6.45) is 1.36. The van der Waals surface area contributed by atoms with Crippen LogP contribution in [0.5, 0.6) is 5.75 Å². The van der Waals surface area contributed by atoms with Crippen molar-refractivity contribution in [3.8, 4) is 5.75 Å². The van der Waals surface area contributed by atoms with Crippen molar-refractivity contribution in [2.24, 2.45) is 0 Å². The molecule has 3 atom stereocenters. The Kier molecular flexibility index (Phi) is 6.52. The molecule has 162 valence electrons. The topological polar surface area (TPSA) is 81.0 Å². The lowest BCUT2D eigenvalue weighted by molar-refractivity contribution is -0.117. The maximum atomic E-state index is 14.6. The molecule has 0 spiro atoms. The second kappa shape index (κ2) is 8.93. The van der Waals surface area contributed by atoms with E-state index in [0.717, 1.165) is 12.1 Å². The second-order valence-electron chi connectivity index (χ2n) is 7.22. The van der Waals surface area contributed by atoms with Crippen LogP contribution in [0.2, 0.25) is 0 Å². The van der Waals surface area contributed by atoms with Crippen LogP contribution in [0.4, 0.5) is 14.5 Å². The molecule has 1 N–H and O–H groups in total. The van der Waals surface area contributed by atoms with Crippen molar-refractivity contribution in [1.82, 2.24) is 4.57 Å². The van der Waals surface area contributed by atoms with Gasteiger partial charge in [0.15, 0.2) is 0 Å². The highest BCUT2D eigenvalue weighted by Gasteiger charge is 2.42. The van der Waals surface area contributed by atoms with E-state index >= 15 is 0 Å². The third kappa shape index (κ3) is 3.82. The maximum Gasteiger partial charge on any atom is 0.274 e. The van der Waals surface area contributed by atoms with Crippen molar-refractivity contribution in [1.29, 1.82) is 0 Å². The minimum atomic E-state index is -0.802. The van der Waals surface area contributed by atoms with Gasteiger partial charge in [-0.2, -0.15) is 0 Å². The van der Waals surface area contributed by atoms with Gasteiger partial charge >= 0.3 is 0 Å². The van der Waals surface area contributed by atoms with Gasteiger partial charge in [0.05, 0.1) is 26.4 Å². The van der Waals surface area contributed by atoms with Gasteiger partial charge in [0, 0.05) is 49.4 Å². The number of halogens is 2. The molecule has 7 nitrogen and oxygen atoms in total. The van der Waals surface area contributed by atoms with Gasteiger partial charge in [-0.25, -0.2) is 8.78 Å². The van der Waals surface area contributed by atoms with Gasteiger partial charge in [-0.1, -0.05) is 0 Å². The van der Waals surface area contributed by atoms with Crippen LogP contribution in [-0.2, 0) is 9.53 Å². The summed E-state index contributed by atoms with van der Waals surface area (Å²) >= 11 is 0. The molecular formula is C21H24F2N2O5. The number of hydrogen-bond donors (Lipinski definition) is 1. The number of pyridine rings is 1. The van der Waals surface area contributed by atoms with E-state index in [4.69, 9.17) is 9.47 Å². The van der Waals surface area contributed by atoms with Crippen LogP contribution in [0.1, 0.15) is 30.9 Å². The summed E-state index contributed by atoms with van der Waals surface area (Å²) in [4.78, 5) is 27.1. The van der Waals surface area contributed by atoms with E-state index in [2.05, 4.69) is 0 Å². The lowest BCUT2D eigenvalue weighted by Gasteiger charge is -2.26. The summed E-state index contributed by atoms with van der Waals surface area (Å²) in [5, 5.41) is 9.58. The second-order valence-corrected chi connectivity index (χ2v) is 7.22. The van der Waals surface area contributed by atoms with Crippen LogP contribution in [-0.4, -0.2) is 49.1 Å². The molecule has 0 radical (unpaired) electrons. The molecule has 1 amide bonds. The smallest absolute Gasteiger partial charge is 0.274 e. The quantitative estimate of drug-likeness (QED) is 0.740. The lowest BCUT2D eigenvalue weighted by Crippen LogP contribution is -2.39. The van der Waals surface area contributed by atoms with E-state index < -0.39 is 41.1 Å². The van der Waals surface area contributed by atoms with E-state index in [-0.39, 0.29) is 36.6 Å². The number of aromatic nitrogens is 1. The molecule has 1 fully saturated rings. The zero-order valence-corrected chi connectivity index (χ0v) is 17.0. The molecule has 3 rings (SSSR count). The Balaban J connectivity index is 2.01. The minimum absolute atomic E-state index is 0.0433. The Morgan fingerprint density at radius 2 is 1.90 bits per heavy atom. The first-order valence-corrected chi connectivity index (χ1v) is 9.49. The van der Waals surface area contributed by atoms with Crippen LogP contribution in [0.25, 0.3) is 0 Å². The number of anilines is 1. The first-order valence-electron chi connectivity index (χ1n) is 9.49. The van der Waals surface area contributed by atoms with Crippen molar-refractivity contribution in [2.75, 3.05) is 32.3 Å². The van der Waals surface area contributed by atoms with E-state index in [1.807, 2.05) is 0 Å². The molecule has 0 bridgehead atoms. The highest BCUT2D eigenvalue weighted by molar-refractivity contribution is 5.97. The van der Waals surface area contributed by atoms with Gasteiger partial charge in [-0.05, 0) is 19.1 Å². The van der Waals surface area contributed by atoms with Crippen molar-refractivity contribution in [2.45, 2.75) is 31.3 Å². The minimum Gasteiger partial charge on any atom is -0.497 e. The van der Waals surface area contributed by atoms with Gasteiger partial charge in [-0.3, -0.25) is 9.59 Å². The van der Waals surface area contributed by atoms with Gasteiger partial charge in [0.25, 0.3) is 5.56 Å². The molecule has 9 heteroatoms. The molecular weight excluding hydrogens is 398 g/mol. The highest BCUT2D eigenvalue weighted by atomic mass is 19.1. The molecule has 1 aromatic heterocycles. The Morgan fingerprint density at radius 3 is 2.47 bits per heavy atom. The number of methoxy groups -OCH3 is 2. The fourth-order valence-electron chi connectivity index (χ4n) is 3.98. The Bertz CT molecular complexity index is 971. The normalized spacial score (nSPS) is 19.9. The third-order valence-electron chi connectivity index (χ3n) is 5.49. The van der Waals surface area contributed by atoms with Gasteiger partial charge < -0.3 is 24.0 Å². The number of rotatable bonds is 7. The molecule has 1 aromatic carbocycles. The van der Waals surface area contributed by atoms with Crippen LogP contribution < -0.4 is 15.2 Å². The summed E-state index contributed by atoms with van der Waals surface area (Å²) in [5.41, 5.74) is -0.616. The zero-order valence-electron chi connectivity index (χ0n) is 17.0. The number of benzene rings is 1. The Morgan fingerprint density at radius 1 is 1.23 bits per heavy atom. The number of carbonyl (C=O) groups excluding carboxylic acids is 1. The summed E-state index contributed by atoms with van der Waals surface area (Å²) < 4.78 is 40.4. The van der Waals surface area contributed by atoms with Gasteiger partial charge in [0.1, 0.15) is 23.1 Å². The molecule has 1 aliphatic heterocycles. The average Bonchev–Trinajstić information content (AvgIpc) is 3.00. The lowest BCUT2D eigenvalue weighted by atomic mass is 9.91. The molecule has 1 aliphatic rings. The summed E-state index contributed by atoms with van der Waals surface area (Å²) in [6, 6.07) is 3.93. The Hall–Kier alpha value is -2.78. The first-order chi connectivity index (χ1) is 14.3. The van der Waals surface area contributed by atoms with Crippen molar-refractivity contribution in [3.05, 3.63) is 58.0 Å². The van der Waals surface area contributed by atoms with Crippen molar-refractivity contribution >= 4 is 11.6 Å². The van der Waals surface area contributed by atoms with Crippen LogP contribution in [0, 0.1) is 11.6 Å². The number of aliphatic hydroxyl groups is 1. The average molecular weight is 422 g/mol. The summed E-state index contributed by atoms with van der Waals surface area (Å²) in [7, 11) is 2.76. The standard InChI is InChI=1S/C21H24F2N2O5/c1-12-15(20-16(22)7-14(30-3)8-17(20)23)9-19(27)25(12)18-5-4-6-24(21(18)28)13(10-26)11-29-2/h4-8,12-13,15,26H,9-11H2,1-3H3/t12-,13?,15-/m0/s1. The molecule has 0 saturated carbocycles. The predicted molar refractivity (Wildman–Crippen MR) is 106 cm³/mol. The molecule has 2 aromatic rings. The fourth-order valence-corrected chi connectivity index (χ4v) is 3.98. The number of nitrogens with zero attached hydrogens (tertiary/aromatic N) is 2. The SMILES string of the molecule is COCC(CO)n1cccc(N2C(=O)C[C@H](c3c(F)cc(OC)cc3F)[C@@H]2C)c1=O. The molecule has 0 aliphatic carbocycles. The largest absolute Gasteiger partial charge is 0.497 e. The summed E-state index contributed by atoms with van der Waals surface area (Å²) in [5.74, 6) is -2.75. The predicted octanol–water partition coefficient (Wildman–Crippen LogP) is 2.22. The van der Waals surface area contributed by atoms with Crippen LogP contribution in [0.3, 0.4) is 0 Å².